The second-order valence-electron chi connectivity index (χ2n) is 5.75. The topological polar surface area (TPSA) is 58.8 Å². The summed E-state index contributed by atoms with van der Waals surface area (Å²) in [6.07, 6.45) is 3.53. The lowest BCUT2D eigenvalue weighted by Gasteiger charge is -2.24. The minimum atomic E-state index is 0.240. The van der Waals surface area contributed by atoms with Gasteiger partial charge in [0.2, 0.25) is 5.91 Å². The summed E-state index contributed by atoms with van der Waals surface area (Å²) in [5.41, 5.74) is 5.54. The standard InChI is InChI=1S/C15H33N3O2/c1-14(8-9-16)6-7-15(19)18(12-13-20-4)11-5-10-17(2)3/h14H,5-13,16H2,1-4H3. The quantitative estimate of drug-likeness (QED) is 0.585. The van der Waals surface area contributed by atoms with Gasteiger partial charge in [0.15, 0.2) is 0 Å². The summed E-state index contributed by atoms with van der Waals surface area (Å²) in [4.78, 5) is 16.3. The van der Waals surface area contributed by atoms with Gasteiger partial charge < -0.3 is 20.3 Å². The Bertz CT molecular complexity index is 247. The molecule has 0 aromatic heterocycles. The van der Waals surface area contributed by atoms with Crippen molar-refractivity contribution in [2.45, 2.75) is 32.6 Å². The average molecular weight is 287 g/mol. The third kappa shape index (κ3) is 10.2. The Morgan fingerprint density at radius 3 is 2.45 bits per heavy atom. The van der Waals surface area contributed by atoms with E-state index in [0.29, 0.717) is 32.0 Å². The SMILES string of the molecule is COCCN(CCCN(C)C)C(=O)CCC(C)CCN. The fourth-order valence-electron chi connectivity index (χ4n) is 2.10. The van der Waals surface area contributed by atoms with Gasteiger partial charge in [-0.25, -0.2) is 0 Å². The van der Waals surface area contributed by atoms with E-state index >= 15 is 0 Å². The molecule has 1 unspecified atom stereocenters. The molecule has 0 rings (SSSR count). The van der Waals surface area contributed by atoms with E-state index in [1.165, 1.54) is 0 Å². The lowest BCUT2D eigenvalue weighted by molar-refractivity contribution is -0.132. The predicted molar refractivity (Wildman–Crippen MR) is 83.7 cm³/mol. The van der Waals surface area contributed by atoms with E-state index in [0.717, 1.165) is 32.4 Å². The van der Waals surface area contributed by atoms with Gasteiger partial charge in [-0.3, -0.25) is 4.79 Å². The minimum Gasteiger partial charge on any atom is -0.383 e. The van der Waals surface area contributed by atoms with Crippen molar-refractivity contribution in [2.24, 2.45) is 11.7 Å². The molecular weight excluding hydrogens is 254 g/mol. The number of hydrogen-bond acceptors (Lipinski definition) is 4. The zero-order chi connectivity index (χ0) is 15.4. The maximum absolute atomic E-state index is 12.3. The normalized spacial score (nSPS) is 12.7. The number of hydrogen-bond donors (Lipinski definition) is 1. The van der Waals surface area contributed by atoms with E-state index in [4.69, 9.17) is 10.5 Å². The van der Waals surface area contributed by atoms with Gasteiger partial charge >= 0.3 is 0 Å². The summed E-state index contributed by atoms with van der Waals surface area (Å²) in [5, 5.41) is 0. The number of rotatable bonds is 12. The molecule has 0 aliphatic rings. The lowest BCUT2D eigenvalue weighted by Crippen LogP contribution is -2.36. The van der Waals surface area contributed by atoms with Crippen molar-refractivity contribution in [1.29, 1.82) is 0 Å². The molecule has 0 fully saturated rings. The summed E-state index contributed by atoms with van der Waals surface area (Å²) < 4.78 is 5.09. The van der Waals surface area contributed by atoms with Gasteiger partial charge in [0.25, 0.3) is 0 Å². The van der Waals surface area contributed by atoms with Crippen molar-refractivity contribution in [3.8, 4) is 0 Å². The Balaban J connectivity index is 4.11. The second-order valence-corrected chi connectivity index (χ2v) is 5.75. The molecule has 0 saturated carbocycles. The highest BCUT2D eigenvalue weighted by atomic mass is 16.5. The van der Waals surface area contributed by atoms with Crippen LogP contribution >= 0.6 is 0 Å². The first kappa shape index (κ1) is 19.4. The first-order valence-corrected chi connectivity index (χ1v) is 7.62. The molecule has 1 amide bonds. The van der Waals surface area contributed by atoms with E-state index in [1.807, 2.05) is 4.90 Å². The monoisotopic (exact) mass is 287 g/mol. The highest BCUT2D eigenvalue weighted by Crippen LogP contribution is 2.11. The van der Waals surface area contributed by atoms with Crippen LogP contribution in [0.1, 0.15) is 32.6 Å². The van der Waals surface area contributed by atoms with Crippen LogP contribution in [0.25, 0.3) is 0 Å². The summed E-state index contributed by atoms with van der Waals surface area (Å²) in [6.45, 7) is 5.96. The van der Waals surface area contributed by atoms with Crippen LogP contribution in [-0.4, -0.2) is 69.7 Å². The van der Waals surface area contributed by atoms with E-state index < -0.39 is 0 Å². The lowest BCUT2D eigenvalue weighted by atomic mass is 10.0. The predicted octanol–water partition coefficient (Wildman–Crippen LogP) is 1.18. The van der Waals surface area contributed by atoms with Crippen LogP contribution in [0, 0.1) is 5.92 Å². The number of carbonyl (C=O) groups excluding carboxylic acids is 1. The largest absolute Gasteiger partial charge is 0.383 e. The molecule has 5 nitrogen and oxygen atoms in total. The van der Waals surface area contributed by atoms with Crippen LogP contribution in [0.5, 0.6) is 0 Å². The van der Waals surface area contributed by atoms with Crippen LogP contribution in [-0.2, 0) is 9.53 Å². The molecule has 1 atom stereocenters. The third-order valence-electron chi connectivity index (χ3n) is 3.46. The Morgan fingerprint density at radius 1 is 1.20 bits per heavy atom. The fourth-order valence-corrected chi connectivity index (χ4v) is 2.10. The van der Waals surface area contributed by atoms with Crippen molar-refractivity contribution < 1.29 is 9.53 Å². The van der Waals surface area contributed by atoms with Crippen LogP contribution < -0.4 is 5.73 Å². The van der Waals surface area contributed by atoms with Crippen LogP contribution in [0.3, 0.4) is 0 Å². The molecule has 120 valence electrons. The minimum absolute atomic E-state index is 0.240. The highest BCUT2D eigenvalue weighted by Gasteiger charge is 2.14. The summed E-state index contributed by atoms with van der Waals surface area (Å²) in [5.74, 6) is 0.764. The van der Waals surface area contributed by atoms with Crippen LogP contribution in [0.4, 0.5) is 0 Å². The first-order valence-electron chi connectivity index (χ1n) is 7.62. The van der Waals surface area contributed by atoms with Crippen molar-refractivity contribution in [2.75, 3.05) is 54.0 Å². The molecule has 20 heavy (non-hydrogen) atoms. The van der Waals surface area contributed by atoms with E-state index in [-0.39, 0.29) is 5.91 Å². The molecule has 0 aromatic rings. The molecule has 0 radical (unpaired) electrons. The first-order chi connectivity index (χ1) is 9.51. The molecule has 0 aliphatic carbocycles. The second kappa shape index (κ2) is 12.1. The molecule has 5 heteroatoms. The van der Waals surface area contributed by atoms with Crippen molar-refractivity contribution in [3.63, 3.8) is 0 Å². The van der Waals surface area contributed by atoms with E-state index in [2.05, 4.69) is 25.9 Å². The summed E-state index contributed by atoms with van der Waals surface area (Å²) in [7, 11) is 5.78. The zero-order valence-corrected chi connectivity index (χ0v) is 13.7. The average Bonchev–Trinajstić information content (AvgIpc) is 2.40. The third-order valence-corrected chi connectivity index (χ3v) is 3.46. The Morgan fingerprint density at radius 2 is 1.90 bits per heavy atom. The van der Waals surface area contributed by atoms with E-state index in [9.17, 15) is 4.79 Å². The number of nitrogens with two attached hydrogens (primary N) is 1. The highest BCUT2D eigenvalue weighted by molar-refractivity contribution is 5.76. The number of ether oxygens (including phenoxy) is 1. The number of methoxy groups -OCH3 is 1. The Labute approximate surface area is 124 Å². The van der Waals surface area contributed by atoms with Gasteiger partial charge in [0, 0.05) is 26.6 Å². The van der Waals surface area contributed by atoms with Crippen molar-refractivity contribution in [3.05, 3.63) is 0 Å². The molecule has 0 bridgehead atoms. The van der Waals surface area contributed by atoms with Crippen molar-refractivity contribution in [1.82, 2.24) is 9.80 Å². The van der Waals surface area contributed by atoms with Crippen LogP contribution in [0.15, 0.2) is 0 Å². The van der Waals surface area contributed by atoms with Gasteiger partial charge in [-0.2, -0.15) is 0 Å². The van der Waals surface area contributed by atoms with Gasteiger partial charge in [0.1, 0.15) is 0 Å². The molecule has 0 aliphatic heterocycles. The van der Waals surface area contributed by atoms with Crippen LogP contribution in [0.2, 0.25) is 0 Å². The number of carbonyl (C=O) groups is 1. The van der Waals surface area contributed by atoms with E-state index in [1.54, 1.807) is 7.11 Å². The summed E-state index contributed by atoms with van der Waals surface area (Å²) in [6, 6.07) is 0. The molecule has 0 heterocycles. The molecule has 0 aromatic carbocycles. The van der Waals surface area contributed by atoms with Gasteiger partial charge in [0.05, 0.1) is 6.61 Å². The smallest absolute Gasteiger partial charge is 0.222 e. The molecule has 2 N–H and O–H groups in total. The molecule has 0 spiro atoms. The Kier molecular flexibility index (Phi) is 11.7. The maximum atomic E-state index is 12.3. The fraction of sp³-hybridized carbons (Fsp3) is 0.933. The van der Waals surface area contributed by atoms with Gasteiger partial charge in [-0.1, -0.05) is 6.92 Å². The Hall–Kier alpha value is -0.650. The number of amides is 1. The molecular formula is C15H33N3O2. The zero-order valence-electron chi connectivity index (χ0n) is 13.7. The number of nitrogens with zero attached hydrogens (tertiary/aromatic N) is 2. The maximum Gasteiger partial charge on any atom is 0.222 e. The van der Waals surface area contributed by atoms with Gasteiger partial charge in [-0.15, -0.1) is 0 Å². The molecule has 0 saturated heterocycles. The summed E-state index contributed by atoms with van der Waals surface area (Å²) >= 11 is 0. The van der Waals surface area contributed by atoms with Crippen molar-refractivity contribution >= 4 is 5.91 Å². The van der Waals surface area contributed by atoms with Gasteiger partial charge in [-0.05, 0) is 52.4 Å².